The van der Waals surface area contributed by atoms with Crippen LogP contribution >= 0.6 is 0 Å². The Morgan fingerprint density at radius 2 is 1.92 bits per heavy atom. The van der Waals surface area contributed by atoms with Gasteiger partial charge in [-0.3, -0.25) is 4.79 Å². The second kappa shape index (κ2) is 6.67. The largest absolute Gasteiger partial charge is 0.366 e. The smallest absolute Gasteiger partial charge is 0.159 e. The third kappa shape index (κ3) is 3.06. The van der Waals surface area contributed by atoms with Crippen LogP contribution in [0.5, 0.6) is 0 Å². The summed E-state index contributed by atoms with van der Waals surface area (Å²) in [6.45, 7) is 3.97. The quantitative estimate of drug-likeness (QED) is 0.812. The lowest BCUT2D eigenvalue weighted by Gasteiger charge is -2.37. The molecule has 1 saturated heterocycles. The zero-order chi connectivity index (χ0) is 17.1. The van der Waals surface area contributed by atoms with E-state index in [1.807, 2.05) is 9.80 Å². The first kappa shape index (κ1) is 15.9. The van der Waals surface area contributed by atoms with E-state index in [1.165, 1.54) is 13.0 Å². The highest BCUT2D eigenvalue weighted by molar-refractivity contribution is 5.94. The van der Waals surface area contributed by atoms with Crippen molar-refractivity contribution in [3.8, 4) is 6.07 Å². The van der Waals surface area contributed by atoms with Gasteiger partial charge in [0.2, 0.25) is 0 Å². The molecule has 0 saturated carbocycles. The van der Waals surface area contributed by atoms with Gasteiger partial charge in [-0.05, 0) is 37.3 Å². The van der Waals surface area contributed by atoms with Gasteiger partial charge in [0.25, 0.3) is 0 Å². The van der Waals surface area contributed by atoms with Crippen molar-refractivity contribution < 1.29 is 9.18 Å². The van der Waals surface area contributed by atoms with Crippen molar-refractivity contribution in [2.75, 3.05) is 36.0 Å². The molecule has 122 valence electrons. The van der Waals surface area contributed by atoms with Gasteiger partial charge in [0.1, 0.15) is 17.7 Å². The molecule has 0 atom stereocenters. The molecule has 6 heteroatoms. The molecular weight excluding hydrogens is 307 g/mol. The fourth-order valence-corrected chi connectivity index (χ4v) is 2.88. The Morgan fingerprint density at radius 3 is 2.54 bits per heavy atom. The monoisotopic (exact) mass is 324 g/mol. The van der Waals surface area contributed by atoms with Crippen molar-refractivity contribution in [3.63, 3.8) is 0 Å². The van der Waals surface area contributed by atoms with Crippen LogP contribution in [0.1, 0.15) is 22.8 Å². The molecule has 0 bridgehead atoms. The van der Waals surface area contributed by atoms with E-state index in [2.05, 4.69) is 11.1 Å². The van der Waals surface area contributed by atoms with Gasteiger partial charge in [-0.15, -0.1) is 0 Å². The van der Waals surface area contributed by atoms with Crippen LogP contribution in [0, 0.1) is 17.1 Å². The normalized spacial score (nSPS) is 14.4. The maximum absolute atomic E-state index is 14.3. The number of hydrogen-bond acceptors (Lipinski definition) is 5. The summed E-state index contributed by atoms with van der Waals surface area (Å²) < 4.78 is 14.3. The minimum Gasteiger partial charge on any atom is -0.366 e. The third-order valence-electron chi connectivity index (χ3n) is 4.18. The van der Waals surface area contributed by atoms with E-state index >= 15 is 0 Å². The zero-order valence-corrected chi connectivity index (χ0v) is 13.4. The number of aromatic nitrogens is 1. The Hall–Kier alpha value is -2.94. The number of hydrogen-bond donors (Lipinski definition) is 0. The molecule has 0 spiro atoms. The summed E-state index contributed by atoms with van der Waals surface area (Å²) in [5.74, 6) is 0.142. The van der Waals surface area contributed by atoms with Crippen LogP contribution in [0.3, 0.4) is 0 Å². The fourth-order valence-electron chi connectivity index (χ4n) is 2.88. The van der Waals surface area contributed by atoms with Crippen LogP contribution in [-0.2, 0) is 0 Å². The van der Waals surface area contributed by atoms with E-state index < -0.39 is 0 Å². The number of pyridine rings is 1. The summed E-state index contributed by atoms with van der Waals surface area (Å²) in [5, 5.41) is 9.18. The average Bonchev–Trinajstić information content (AvgIpc) is 2.61. The van der Waals surface area contributed by atoms with Gasteiger partial charge in [-0.25, -0.2) is 9.37 Å². The average molecular weight is 324 g/mol. The van der Waals surface area contributed by atoms with E-state index in [4.69, 9.17) is 0 Å². The van der Waals surface area contributed by atoms with Crippen molar-refractivity contribution in [2.45, 2.75) is 6.92 Å². The topological polar surface area (TPSA) is 60.2 Å². The molecule has 5 nitrogen and oxygen atoms in total. The number of carbonyl (C=O) groups is 1. The predicted molar refractivity (Wildman–Crippen MR) is 89.8 cm³/mol. The van der Waals surface area contributed by atoms with Gasteiger partial charge in [-0.1, -0.05) is 0 Å². The molecule has 0 aliphatic carbocycles. The number of halogens is 1. The lowest BCUT2D eigenvalue weighted by Crippen LogP contribution is -2.47. The van der Waals surface area contributed by atoms with E-state index in [1.54, 1.807) is 30.5 Å². The minimum absolute atomic E-state index is 0.149. The molecule has 1 aromatic carbocycles. The molecule has 0 unspecified atom stereocenters. The third-order valence-corrected chi connectivity index (χ3v) is 4.18. The number of ketones is 1. The summed E-state index contributed by atoms with van der Waals surface area (Å²) in [6.07, 6.45) is 1.67. The summed E-state index contributed by atoms with van der Waals surface area (Å²) >= 11 is 0. The Bertz CT molecular complexity index is 807. The van der Waals surface area contributed by atoms with E-state index in [9.17, 15) is 14.4 Å². The van der Waals surface area contributed by atoms with E-state index in [-0.39, 0.29) is 11.6 Å². The second-order valence-electron chi connectivity index (χ2n) is 5.68. The molecule has 1 aromatic heterocycles. The highest BCUT2D eigenvalue weighted by atomic mass is 19.1. The van der Waals surface area contributed by atoms with Gasteiger partial charge in [0.15, 0.2) is 5.78 Å². The van der Waals surface area contributed by atoms with Crippen LogP contribution < -0.4 is 9.80 Å². The number of nitrogens with zero attached hydrogens (tertiary/aromatic N) is 4. The highest BCUT2D eigenvalue weighted by Crippen LogP contribution is 2.24. The second-order valence-corrected chi connectivity index (χ2v) is 5.68. The van der Waals surface area contributed by atoms with E-state index in [0.29, 0.717) is 48.8 Å². The van der Waals surface area contributed by atoms with Crippen LogP contribution in [0.2, 0.25) is 0 Å². The van der Waals surface area contributed by atoms with Crippen molar-refractivity contribution in [3.05, 3.63) is 53.5 Å². The number of benzene rings is 1. The first-order valence-electron chi connectivity index (χ1n) is 7.75. The number of piperazine rings is 1. The molecule has 1 aliphatic rings. The van der Waals surface area contributed by atoms with Gasteiger partial charge < -0.3 is 9.80 Å². The minimum atomic E-state index is -0.383. The van der Waals surface area contributed by atoms with E-state index in [0.717, 1.165) is 0 Å². The molecule has 2 heterocycles. The van der Waals surface area contributed by atoms with Gasteiger partial charge in [0, 0.05) is 37.9 Å². The number of nitriles is 1. The molecule has 0 N–H and O–H groups in total. The van der Waals surface area contributed by atoms with Crippen LogP contribution in [0.4, 0.5) is 15.9 Å². The lowest BCUT2D eigenvalue weighted by atomic mass is 10.1. The number of anilines is 2. The van der Waals surface area contributed by atoms with Gasteiger partial charge in [0.05, 0.1) is 11.3 Å². The summed E-state index contributed by atoms with van der Waals surface area (Å²) in [6, 6.07) is 10.2. The van der Waals surface area contributed by atoms with Crippen molar-refractivity contribution in [1.29, 1.82) is 5.26 Å². The Labute approximate surface area is 139 Å². The van der Waals surface area contributed by atoms with Gasteiger partial charge >= 0.3 is 0 Å². The molecule has 1 fully saturated rings. The van der Waals surface area contributed by atoms with Gasteiger partial charge in [-0.2, -0.15) is 5.26 Å². The molecule has 1 aliphatic heterocycles. The first-order valence-corrected chi connectivity index (χ1v) is 7.75. The summed E-state index contributed by atoms with van der Waals surface area (Å²) in [5.41, 5.74) is 1.42. The van der Waals surface area contributed by atoms with Crippen LogP contribution in [-0.4, -0.2) is 36.9 Å². The fraction of sp³-hybridized carbons (Fsp3) is 0.278. The lowest BCUT2D eigenvalue weighted by molar-refractivity contribution is 0.101. The molecule has 3 rings (SSSR count). The maximum atomic E-state index is 14.3. The maximum Gasteiger partial charge on any atom is 0.159 e. The van der Waals surface area contributed by atoms with Crippen molar-refractivity contribution in [1.82, 2.24) is 4.98 Å². The number of rotatable bonds is 3. The molecule has 24 heavy (non-hydrogen) atoms. The molecule has 2 aromatic rings. The summed E-state index contributed by atoms with van der Waals surface area (Å²) in [7, 11) is 0. The summed E-state index contributed by atoms with van der Waals surface area (Å²) in [4.78, 5) is 19.6. The number of Topliss-reactive ketones (excluding diaryl/α,β-unsaturated/α-hetero) is 1. The van der Waals surface area contributed by atoms with Crippen molar-refractivity contribution in [2.24, 2.45) is 0 Å². The van der Waals surface area contributed by atoms with Crippen molar-refractivity contribution >= 4 is 17.3 Å². The standard InChI is InChI=1S/C18H17FN4O/c1-13(24)14-4-5-17(16(19)11-14)22-7-9-23(10-8-22)18-15(12-20)3-2-6-21-18/h2-6,11H,7-10H2,1H3. The molecular formula is C18H17FN4O. The van der Waals surface area contributed by atoms with Crippen LogP contribution in [0.15, 0.2) is 36.5 Å². The Morgan fingerprint density at radius 1 is 1.21 bits per heavy atom. The molecule has 0 radical (unpaired) electrons. The van der Waals surface area contributed by atoms with Crippen LogP contribution in [0.25, 0.3) is 0 Å². The Balaban J connectivity index is 1.74. The predicted octanol–water partition coefficient (Wildman–Crippen LogP) is 2.62. The Kier molecular flexibility index (Phi) is 4.43. The molecule has 0 amide bonds. The first-order chi connectivity index (χ1) is 11.6. The zero-order valence-electron chi connectivity index (χ0n) is 13.4. The SMILES string of the molecule is CC(=O)c1ccc(N2CCN(c3ncccc3C#N)CC2)c(F)c1. The number of carbonyl (C=O) groups excluding carboxylic acids is 1. The highest BCUT2D eigenvalue weighted by Gasteiger charge is 2.22.